The summed E-state index contributed by atoms with van der Waals surface area (Å²) < 4.78 is 1.90. The molecule has 1 fully saturated rings. The van der Waals surface area contributed by atoms with Crippen molar-refractivity contribution in [2.45, 2.75) is 52.9 Å². The van der Waals surface area contributed by atoms with E-state index in [9.17, 15) is 4.79 Å². The smallest absolute Gasteiger partial charge is 0.229 e. The fraction of sp³-hybridized carbons (Fsp3) is 0.538. The molecule has 2 aromatic heterocycles. The predicted molar refractivity (Wildman–Crippen MR) is 138 cm³/mol. The number of hydrogen-bond donors (Lipinski definition) is 0. The van der Waals surface area contributed by atoms with E-state index in [0.29, 0.717) is 19.0 Å². The highest BCUT2D eigenvalue weighted by molar-refractivity contribution is 6.19. The molecule has 7 nitrogen and oxygen atoms in total. The summed E-state index contributed by atoms with van der Waals surface area (Å²) in [5.74, 6) is 2.45. The molecule has 1 atom stereocenters. The number of hydrogen-bond acceptors (Lipinski definition) is 5. The zero-order valence-corrected chi connectivity index (χ0v) is 21.4. The van der Waals surface area contributed by atoms with Gasteiger partial charge in [0.2, 0.25) is 5.91 Å². The SMILES string of the molecule is CCC[C@@H](C)c1nc(N2CCCN(C(=O)C(C)(C)CCl)CC2)c2cnn(-c3ccccc3)c2n1. The highest BCUT2D eigenvalue weighted by atomic mass is 35.5. The standard InChI is InChI=1S/C26H35ClN6O/c1-5-10-19(2)22-29-23(21-17-28-33(24(21)30-22)20-11-7-6-8-12-20)31-13-9-14-32(16-15-31)25(34)26(3,4)18-27/h6-8,11-12,17,19H,5,9-10,13-16,18H2,1-4H3/t19-/m1/s1. The van der Waals surface area contributed by atoms with Crippen LogP contribution >= 0.6 is 11.6 Å². The minimum Gasteiger partial charge on any atom is -0.354 e. The maximum absolute atomic E-state index is 13.0. The van der Waals surface area contributed by atoms with Crippen LogP contribution in [-0.4, -0.2) is 62.6 Å². The van der Waals surface area contributed by atoms with Gasteiger partial charge < -0.3 is 9.80 Å². The van der Waals surface area contributed by atoms with Crippen LogP contribution in [0.25, 0.3) is 16.7 Å². The molecule has 0 N–H and O–H groups in total. The van der Waals surface area contributed by atoms with Gasteiger partial charge in [-0.2, -0.15) is 5.10 Å². The summed E-state index contributed by atoms with van der Waals surface area (Å²) >= 11 is 6.08. The Kier molecular flexibility index (Phi) is 7.41. The van der Waals surface area contributed by atoms with Crippen LogP contribution in [0.2, 0.25) is 0 Å². The van der Waals surface area contributed by atoms with E-state index in [4.69, 9.17) is 21.6 Å². The van der Waals surface area contributed by atoms with Gasteiger partial charge in [-0.05, 0) is 38.8 Å². The summed E-state index contributed by atoms with van der Waals surface area (Å²) in [6.45, 7) is 11.1. The Labute approximate surface area is 207 Å². The van der Waals surface area contributed by atoms with Crippen molar-refractivity contribution in [3.8, 4) is 5.69 Å². The highest BCUT2D eigenvalue weighted by Gasteiger charge is 2.32. The number of carbonyl (C=O) groups excluding carboxylic acids is 1. The largest absolute Gasteiger partial charge is 0.354 e. The number of carbonyl (C=O) groups is 1. The average molecular weight is 483 g/mol. The third-order valence-electron chi connectivity index (χ3n) is 6.58. The summed E-state index contributed by atoms with van der Waals surface area (Å²) in [6, 6.07) is 10.1. The minimum atomic E-state index is -0.557. The lowest BCUT2D eigenvalue weighted by molar-refractivity contribution is -0.139. The van der Waals surface area contributed by atoms with Gasteiger partial charge in [0, 0.05) is 38.0 Å². The van der Waals surface area contributed by atoms with E-state index in [1.807, 2.05) is 60.0 Å². The molecule has 1 saturated heterocycles. The summed E-state index contributed by atoms with van der Waals surface area (Å²) in [6.07, 6.45) is 4.85. The molecular weight excluding hydrogens is 448 g/mol. The third kappa shape index (κ3) is 4.90. The number of benzene rings is 1. The molecule has 1 aliphatic heterocycles. The van der Waals surface area contributed by atoms with Crippen LogP contribution in [0.3, 0.4) is 0 Å². The summed E-state index contributed by atoms with van der Waals surface area (Å²) in [4.78, 5) is 27.3. The molecule has 4 rings (SSSR count). The van der Waals surface area contributed by atoms with E-state index in [1.165, 1.54) is 0 Å². The molecule has 0 radical (unpaired) electrons. The molecule has 0 bridgehead atoms. The van der Waals surface area contributed by atoms with Crippen molar-refractivity contribution in [2.75, 3.05) is 37.0 Å². The Morgan fingerprint density at radius 1 is 1.12 bits per heavy atom. The van der Waals surface area contributed by atoms with Crippen molar-refractivity contribution < 1.29 is 4.79 Å². The van der Waals surface area contributed by atoms with E-state index in [1.54, 1.807) is 0 Å². The molecule has 0 aliphatic carbocycles. The fourth-order valence-corrected chi connectivity index (χ4v) is 4.62. The molecule has 182 valence electrons. The predicted octanol–water partition coefficient (Wildman–Crippen LogP) is 5.02. The lowest BCUT2D eigenvalue weighted by atomic mass is 9.94. The number of amides is 1. The first-order valence-corrected chi connectivity index (χ1v) is 12.8. The zero-order valence-electron chi connectivity index (χ0n) is 20.7. The topological polar surface area (TPSA) is 67.2 Å². The third-order valence-corrected chi connectivity index (χ3v) is 7.25. The summed E-state index contributed by atoms with van der Waals surface area (Å²) in [5.41, 5.74) is 1.25. The van der Waals surface area contributed by atoms with Gasteiger partial charge in [-0.25, -0.2) is 14.6 Å². The number of anilines is 1. The number of alkyl halides is 1. The van der Waals surface area contributed by atoms with Crippen LogP contribution in [0.5, 0.6) is 0 Å². The fourth-order valence-electron chi connectivity index (χ4n) is 4.51. The quantitative estimate of drug-likeness (QED) is 0.442. The van der Waals surface area contributed by atoms with Crippen LogP contribution in [0, 0.1) is 5.41 Å². The Balaban J connectivity index is 1.71. The van der Waals surface area contributed by atoms with Crippen LogP contribution in [0.15, 0.2) is 36.5 Å². The Morgan fingerprint density at radius 2 is 1.88 bits per heavy atom. The van der Waals surface area contributed by atoms with Crippen LogP contribution in [0.4, 0.5) is 5.82 Å². The first kappa shape index (κ1) is 24.5. The van der Waals surface area contributed by atoms with E-state index in [-0.39, 0.29) is 11.8 Å². The molecule has 0 unspecified atom stereocenters. The van der Waals surface area contributed by atoms with Crippen molar-refractivity contribution in [2.24, 2.45) is 5.41 Å². The molecule has 3 heterocycles. The van der Waals surface area contributed by atoms with Gasteiger partial charge in [-0.15, -0.1) is 11.6 Å². The number of rotatable bonds is 7. The number of nitrogens with zero attached hydrogens (tertiary/aromatic N) is 6. The zero-order chi connectivity index (χ0) is 24.3. The second-order valence-electron chi connectivity index (χ2n) is 9.87. The van der Waals surface area contributed by atoms with Gasteiger partial charge in [-0.1, -0.05) is 38.5 Å². The van der Waals surface area contributed by atoms with E-state index < -0.39 is 5.41 Å². The first-order chi connectivity index (χ1) is 16.4. The molecular formula is C26H35ClN6O. The number of halogens is 1. The van der Waals surface area contributed by atoms with Gasteiger partial charge in [0.25, 0.3) is 0 Å². The van der Waals surface area contributed by atoms with Crippen molar-refractivity contribution in [1.82, 2.24) is 24.6 Å². The molecule has 1 aliphatic rings. The second kappa shape index (κ2) is 10.3. The van der Waals surface area contributed by atoms with E-state index in [2.05, 4.69) is 23.8 Å². The van der Waals surface area contributed by atoms with Crippen molar-refractivity contribution >= 4 is 34.4 Å². The number of aromatic nitrogens is 4. The van der Waals surface area contributed by atoms with Gasteiger partial charge in [0.05, 0.1) is 22.7 Å². The summed E-state index contributed by atoms with van der Waals surface area (Å²) in [7, 11) is 0. The van der Waals surface area contributed by atoms with Crippen molar-refractivity contribution in [3.05, 3.63) is 42.4 Å². The molecule has 1 aromatic carbocycles. The lowest BCUT2D eigenvalue weighted by Gasteiger charge is -2.30. The maximum atomic E-state index is 13.0. The van der Waals surface area contributed by atoms with Gasteiger partial charge in [0.15, 0.2) is 5.65 Å². The monoisotopic (exact) mass is 482 g/mol. The Morgan fingerprint density at radius 3 is 2.59 bits per heavy atom. The average Bonchev–Trinajstić information content (AvgIpc) is 3.13. The minimum absolute atomic E-state index is 0.117. The molecule has 8 heteroatoms. The van der Waals surface area contributed by atoms with Gasteiger partial charge >= 0.3 is 0 Å². The number of para-hydroxylation sites is 1. The lowest BCUT2D eigenvalue weighted by Crippen LogP contribution is -2.43. The van der Waals surface area contributed by atoms with Crippen LogP contribution in [-0.2, 0) is 4.79 Å². The van der Waals surface area contributed by atoms with Gasteiger partial charge in [0.1, 0.15) is 11.6 Å². The maximum Gasteiger partial charge on any atom is 0.229 e. The Hall–Kier alpha value is -2.67. The molecule has 1 amide bonds. The van der Waals surface area contributed by atoms with E-state index >= 15 is 0 Å². The van der Waals surface area contributed by atoms with Crippen molar-refractivity contribution in [3.63, 3.8) is 0 Å². The molecule has 3 aromatic rings. The van der Waals surface area contributed by atoms with Gasteiger partial charge in [-0.3, -0.25) is 4.79 Å². The number of fused-ring (bicyclic) bond motifs is 1. The molecule has 0 saturated carbocycles. The highest BCUT2D eigenvalue weighted by Crippen LogP contribution is 2.30. The normalized spacial score (nSPS) is 16.0. The Bertz CT molecular complexity index is 1130. The van der Waals surface area contributed by atoms with Crippen molar-refractivity contribution in [1.29, 1.82) is 0 Å². The van der Waals surface area contributed by atoms with Crippen LogP contribution < -0.4 is 4.90 Å². The van der Waals surface area contributed by atoms with E-state index in [0.717, 1.165) is 60.7 Å². The molecule has 34 heavy (non-hydrogen) atoms. The second-order valence-corrected chi connectivity index (χ2v) is 10.1. The summed E-state index contributed by atoms with van der Waals surface area (Å²) in [5, 5.41) is 5.63. The van der Waals surface area contributed by atoms with Crippen LogP contribution in [0.1, 0.15) is 58.7 Å². The molecule has 0 spiro atoms. The first-order valence-electron chi connectivity index (χ1n) is 12.3.